The number of rotatable bonds is 4. The lowest BCUT2D eigenvalue weighted by molar-refractivity contribution is -0.402. The number of nitro groups is 1. The van der Waals surface area contributed by atoms with Gasteiger partial charge >= 0.3 is 5.88 Å². The summed E-state index contributed by atoms with van der Waals surface area (Å²) >= 11 is 0. The zero-order valence-corrected chi connectivity index (χ0v) is 10.4. The van der Waals surface area contributed by atoms with Gasteiger partial charge in [0.25, 0.3) is 5.91 Å². The summed E-state index contributed by atoms with van der Waals surface area (Å²) in [6.45, 7) is 0.0310. The molecule has 0 aromatic carbocycles. The van der Waals surface area contributed by atoms with Crippen LogP contribution in [0.15, 0.2) is 16.5 Å². The second-order valence-corrected chi connectivity index (χ2v) is 4.70. The van der Waals surface area contributed by atoms with Gasteiger partial charge in [-0.2, -0.15) is 0 Å². The van der Waals surface area contributed by atoms with E-state index >= 15 is 0 Å². The Morgan fingerprint density at radius 3 is 2.84 bits per heavy atom. The smallest absolute Gasteiger partial charge is 0.396 e. The van der Waals surface area contributed by atoms with E-state index in [9.17, 15) is 20.0 Å². The fourth-order valence-electron chi connectivity index (χ4n) is 2.40. The zero-order chi connectivity index (χ0) is 13.8. The lowest BCUT2D eigenvalue weighted by atomic mass is 9.85. The molecule has 1 saturated carbocycles. The van der Waals surface area contributed by atoms with Crippen LogP contribution in [-0.4, -0.2) is 28.6 Å². The van der Waals surface area contributed by atoms with Crippen molar-refractivity contribution in [3.63, 3.8) is 0 Å². The van der Waals surface area contributed by atoms with Gasteiger partial charge in [0.1, 0.15) is 4.92 Å². The Labute approximate surface area is 109 Å². The molecule has 1 amide bonds. The molecule has 1 fully saturated rings. The molecule has 0 saturated heterocycles. The summed E-state index contributed by atoms with van der Waals surface area (Å²) in [5, 5.41) is 22.5. The Balaban J connectivity index is 2.01. The molecule has 2 atom stereocenters. The number of furan rings is 1. The maximum Gasteiger partial charge on any atom is 0.433 e. The summed E-state index contributed by atoms with van der Waals surface area (Å²) in [6, 6.07) is 2.33. The molecule has 1 aromatic heterocycles. The van der Waals surface area contributed by atoms with Crippen molar-refractivity contribution in [2.24, 2.45) is 5.92 Å². The summed E-state index contributed by atoms with van der Waals surface area (Å²) in [5.74, 6) is -0.956. The molecule has 2 rings (SSSR count). The van der Waals surface area contributed by atoms with Crippen molar-refractivity contribution in [3.05, 3.63) is 28.0 Å². The van der Waals surface area contributed by atoms with E-state index in [1.165, 1.54) is 6.07 Å². The highest BCUT2D eigenvalue weighted by atomic mass is 16.6. The van der Waals surface area contributed by atoms with E-state index in [1.54, 1.807) is 0 Å². The number of hydrogen-bond acceptors (Lipinski definition) is 5. The summed E-state index contributed by atoms with van der Waals surface area (Å²) in [5.41, 5.74) is 0. The summed E-state index contributed by atoms with van der Waals surface area (Å²) in [7, 11) is 0. The molecular formula is C12H16N2O5. The molecule has 0 bridgehead atoms. The monoisotopic (exact) mass is 268 g/mol. The molecule has 104 valence electrons. The number of hydrogen-bond donors (Lipinski definition) is 2. The molecule has 0 aliphatic heterocycles. The van der Waals surface area contributed by atoms with Gasteiger partial charge in [-0.05, 0) is 18.9 Å². The van der Waals surface area contributed by atoms with Crippen LogP contribution in [-0.2, 0) is 0 Å². The normalized spacial score (nSPS) is 23.0. The van der Waals surface area contributed by atoms with E-state index in [4.69, 9.17) is 4.42 Å². The number of carbonyl (C=O) groups is 1. The average Bonchev–Trinajstić information content (AvgIpc) is 2.89. The molecule has 7 nitrogen and oxygen atoms in total. The SMILES string of the molecule is O=C(NC1CCCCC1CO)c1ccc([N+](=O)[O-])o1. The van der Waals surface area contributed by atoms with E-state index in [2.05, 4.69) is 5.32 Å². The highest BCUT2D eigenvalue weighted by Gasteiger charge is 2.27. The Morgan fingerprint density at radius 1 is 1.47 bits per heavy atom. The molecular weight excluding hydrogens is 252 g/mol. The molecule has 7 heteroatoms. The minimum absolute atomic E-state index is 0.0310. The van der Waals surface area contributed by atoms with Crippen molar-refractivity contribution in [3.8, 4) is 0 Å². The molecule has 1 aliphatic rings. The van der Waals surface area contributed by atoms with Gasteiger partial charge in [-0.15, -0.1) is 0 Å². The third-order valence-corrected chi connectivity index (χ3v) is 3.46. The lowest BCUT2D eigenvalue weighted by Gasteiger charge is -2.30. The van der Waals surface area contributed by atoms with Crippen LogP contribution in [0.5, 0.6) is 0 Å². The predicted molar refractivity (Wildman–Crippen MR) is 65.7 cm³/mol. The summed E-state index contributed by atoms with van der Waals surface area (Å²) in [6.07, 6.45) is 3.73. The fourth-order valence-corrected chi connectivity index (χ4v) is 2.40. The van der Waals surface area contributed by atoms with Crippen LogP contribution >= 0.6 is 0 Å². The van der Waals surface area contributed by atoms with E-state index < -0.39 is 16.7 Å². The maximum atomic E-state index is 11.9. The predicted octanol–water partition coefficient (Wildman–Crippen LogP) is 1.47. The van der Waals surface area contributed by atoms with Gasteiger partial charge in [-0.1, -0.05) is 12.8 Å². The van der Waals surface area contributed by atoms with Crippen LogP contribution in [0.25, 0.3) is 0 Å². The number of aliphatic hydroxyl groups excluding tert-OH is 1. The van der Waals surface area contributed by atoms with Gasteiger partial charge in [0.05, 0.1) is 6.07 Å². The van der Waals surface area contributed by atoms with Crippen molar-refractivity contribution >= 4 is 11.8 Å². The van der Waals surface area contributed by atoms with E-state index in [1.807, 2.05) is 0 Å². The maximum absolute atomic E-state index is 11.9. The van der Waals surface area contributed by atoms with Gasteiger partial charge < -0.3 is 14.8 Å². The van der Waals surface area contributed by atoms with Crippen LogP contribution in [0, 0.1) is 16.0 Å². The number of aliphatic hydroxyl groups is 1. The van der Waals surface area contributed by atoms with E-state index in [0.717, 1.165) is 31.7 Å². The summed E-state index contributed by atoms with van der Waals surface area (Å²) in [4.78, 5) is 21.7. The van der Waals surface area contributed by atoms with Crippen LogP contribution < -0.4 is 5.32 Å². The molecule has 1 aromatic rings. The van der Waals surface area contributed by atoms with Crippen LogP contribution in [0.2, 0.25) is 0 Å². The first-order valence-electron chi connectivity index (χ1n) is 6.27. The molecule has 0 radical (unpaired) electrons. The highest BCUT2D eigenvalue weighted by Crippen LogP contribution is 2.24. The second kappa shape index (κ2) is 5.83. The van der Waals surface area contributed by atoms with Gasteiger partial charge in [0.2, 0.25) is 0 Å². The molecule has 0 spiro atoms. The topological polar surface area (TPSA) is 106 Å². The van der Waals surface area contributed by atoms with Crippen molar-refractivity contribution < 1.29 is 19.2 Å². The molecule has 1 aliphatic carbocycles. The molecule has 2 N–H and O–H groups in total. The van der Waals surface area contributed by atoms with Gasteiger partial charge in [0, 0.05) is 18.6 Å². The Morgan fingerprint density at radius 2 is 2.21 bits per heavy atom. The van der Waals surface area contributed by atoms with Crippen LogP contribution in [0.1, 0.15) is 36.2 Å². The lowest BCUT2D eigenvalue weighted by Crippen LogP contribution is -2.43. The van der Waals surface area contributed by atoms with Crippen molar-refractivity contribution in [2.45, 2.75) is 31.7 Å². The van der Waals surface area contributed by atoms with Gasteiger partial charge in [-0.25, -0.2) is 0 Å². The third-order valence-electron chi connectivity index (χ3n) is 3.46. The quantitative estimate of drug-likeness (QED) is 0.635. The highest BCUT2D eigenvalue weighted by molar-refractivity contribution is 5.91. The fraction of sp³-hybridized carbons (Fsp3) is 0.583. The average molecular weight is 268 g/mol. The van der Waals surface area contributed by atoms with Crippen LogP contribution in [0.3, 0.4) is 0 Å². The molecule has 1 heterocycles. The Kier molecular flexibility index (Phi) is 4.16. The van der Waals surface area contributed by atoms with Crippen molar-refractivity contribution in [1.82, 2.24) is 5.32 Å². The first kappa shape index (κ1) is 13.5. The number of nitrogens with one attached hydrogen (secondary N) is 1. The van der Waals surface area contributed by atoms with Crippen LogP contribution in [0.4, 0.5) is 5.88 Å². The number of amides is 1. The summed E-state index contributed by atoms with van der Waals surface area (Å²) < 4.78 is 4.84. The van der Waals surface area contributed by atoms with Crippen molar-refractivity contribution in [1.29, 1.82) is 0 Å². The molecule has 19 heavy (non-hydrogen) atoms. The minimum Gasteiger partial charge on any atom is -0.396 e. The first-order valence-corrected chi connectivity index (χ1v) is 6.27. The first-order chi connectivity index (χ1) is 9.11. The van der Waals surface area contributed by atoms with Gasteiger partial charge in [0.15, 0.2) is 5.76 Å². The van der Waals surface area contributed by atoms with Crippen molar-refractivity contribution in [2.75, 3.05) is 6.61 Å². The van der Waals surface area contributed by atoms with E-state index in [0.29, 0.717) is 0 Å². The Bertz CT molecular complexity index is 470. The zero-order valence-electron chi connectivity index (χ0n) is 10.4. The largest absolute Gasteiger partial charge is 0.433 e. The standard InChI is InChI=1S/C12H16N2O5/c15-7-8-3-1-2-4-9(8)13-12(16)10-5-6-11(19-10)14(17)18/h5-6,8-9,15H,1-4,7H2,(H,13,16). The second-order valence-electron chi connectivity index (χ2n) is 4.70. The third kappa shape index (κ3) is 3.11. The van der Waals surface area contributed by atoms with E-state index in [-0.39, 0.29) is 24.3 Å². The molecule has 2 unspecified atom stereocenters. The van der Waals surface area contributed by atoms with Gasteiger partial charge in [-0.3, -0.25) is 14.9 Å². The minimum atomic E-state index is -0.687. The number of nitrogens with zero attached hydrogens (tertiary/aromatic N) is 1. The Hall–Kier alpha value is -1.89. The number of carbonyl (C=O) groups excluding carboxylic acids is 1.